The summed E-state index contributed by atoms with van der Waals surface area (Å²) in [6, 6.07) is 4.78. The molecule has 1 aromatic carbocycles. The average Bonchev–Trinajstić information content (AvgIpc) is 2.08. The number of aliphatic carboxylic acids is 1. The monoisotopic (exact) mass is 312 g/mol. The molecule has 5 heteroatoms. The third-order valence-corrected chi connectivity index (χ3v) is 3.35. The molecule has 0 saturated heterocycles. The Morgan fingerprint density at radius 2 is 2.15 bits per heavy atom. The summed E-state index contributed by atoms with van der Waals surface area (Å²) in [7, 11) is 0. The Bertz CT molecular complexity index is 340. The molecule has 1 aromatic rings. The second kappa shape index (κ2) is 4.26. The summed E-state index contributed by atoms with van der Waals surface area (Å²) in [5.74, 6) is -1.28. The van der Waals surface area contributed by atoms with E-state index < -0.39 is 12.1 Å². The highest BCUT2D eigenvalue weighted by molar-refractivity contribution is 14.1. The number of carbonyl (C=O) groups is 1. The molecule has 13 heavy (non-hydrogen) atoms. The number of halogens is 2. The predicted octanol–water partition coefficient (Wildman–Crippen LogP) is 2.06. The van der Waals surface area contributed by atoms with Crippen LogP contribution in [-0.4, -0.2) is 16.2 Å². The van der Waals surface area contributed by atoms with E-state index in [1.54, 1.807) is 12.1 Å². The highest BCUT2D eigenvalue weighted by Crippen LogP contribution is 2.26. The molecule has 0 saturated carbocycles. The smallest absolute Gasteiger partial charge is 0.337 e. The van der Waals surface area contributed by atoms with Crippen molar-refractivity contribution in [2.45, 2.75) is 6.10 Å². The van der Waals surface area contributed by atoms with Crippen LogP contribution in [0.2, 0.25) is 5.02 Å². The van der Waals surface area contributed by atoms with Crippen LogP contribution in [0.1, 0.15) is 11.7 Å². The first-order valence-corrected chi connectivity index (χ1v) is 4.84. The molecule has 0 aromatic heterocycles. The molecular formula is C8H6ClIO3. The fourth-order valence-corrected chi connectivity index (χ4v) is 1.70. The Labute approximate surface area is 93.5 Å². The fourth-order valence-electron chi connectivity index (χ4n) is 0.865. The normalized spacial score (nSPS) is 12.5. The van der Waals surface area contributed by atoms with Gasteiger partial charge in [-0.05, 0) is 28.7 Å². The second-order valence-corrected chi connectivity index (χ2v) is 3.87. The Hall–Kier alpha value is -0.330. The van der Waals surface area contributed by atoms with Crippen molar-refractivity contribution in [2.75, 3.05) is 0 Å². The van der Waals surface area contributed by atoms with E-state index in [0.717, 1.165) is 0 Å². The lowest BCUT2D eigenvalue weighted by Gasteiger charge is -2.08. The molecule has 0 bridgehead atoms. The molecule has 1 unspecified atom stereocenters. The van der Waals surface area contributed by atoms with Crippen molar-refractivity contribution in [3.8, 4) is 0 Å². The van der Waals surface area contributed by atoms with E-state index in [1.165, 1.54) is 6.07 Å². The van der Waals surface area contributed by atoms with Crippen molar-refractivity contribution in [2.24, 2.45) is 0 Å². The van der Waals surface area contributed by atoms with E-state index >= 15 is 0 Å². The first kappa shape index (κ1) is 10.7. The quantitative estimate of drug-likeness (QED) is 0.822. The van der Waals surface area contributed by atoms with Crippen molar-refractivity contribution in [3.63, 3.8) is 0 Å². The SMILES string of the molecule is O=C(O)C(O)c1cccc(Cl)c1I. The van der Waals surface area contributed by atoms with Gasteiger partial charge in [-0.2, -0.15) is 0 Å². The number of hydrogen-bond acceptors (Lipinski definition) is 2. The van der Waals surface area contributed by atoms with Gasteiger partial charge in [0.25, 0.3) is 0 Å². The van der Waals surface area contributed by atoms with Gasteiger partial charge < -0.3 is 10.2 Å². The minimum Gasteiger partial charge on any atom is -0.479 e. The topological polar surface area (TPSA) is 57.5 Å². The van der Waals surface area contributed by atoms with Gasteiger partial charge in [-0.3, -0.25) is 0 Å². The molecule has 1 atom stereocenters. The van der Waals surface area contributed by atoms with E-state index in [2.05, 4.69) is 0 Å². The van der Waals surface area contributed by atoms with Crippen molar-refractivity contribution >= 4 is 40.2 Å². The molecule has 0 heterocycles. The molecule has 0 fully saturated rings. The lowest BCUT2D eigenvalue weighted by atomic mass is 10.1. The van der Waals surface area contributed by atoms with E-state index in [0.29, 0.717) is 14.2 Å². The molecule has 0 aliphatic rings. The Kier molecular flexibility index (Phi) is 3.52. The maximum atomic E-state index is 10.5. The summed E-state index contributed by atoms with van der Waals surface area (Å²) in [6.45, 7) is 0. The summed E-state index contributed by atoms with van der Waals surface area (Å²) in [5.41, 5.74) is 0.320. The largest absolute Gasteiger partial charge is 0.479 e. The van der Waals surface area contributed by atoms with Gasteiger partial charge in [0, 0.05) is 9.13 Å². The molecular weight excluding hydrogens is 306 g/mol. The summed E-state index contributed by atoms with van der Waals surface area (Å²) in [4.78, 5) is 10.5. The number of carboxylic acids is 1. The number of aliphatic hydroxyl groups is 1. The van der Waals surface area contributed by atoms with Gasteiger partial charge in [-0.25, -0.2) is 4.79 Å². The lowest BCUT2D eigenvalue weighted by Crippen LogP contribution is -2.11. The highest BCUT2D eigenvalue weighted by atomic mass is 127. The third-order valence-electron chi connectivity index (χ3n) is 1.51. The number of hydrogen-bond donors (Lipinski definition) is 2. The van der Waals surface area contributed by atoms with E-state index in [4.69, 9.17) is 16.7 Å². The highest BCUT2D eigenvalue weighted by Gasteiger charge is 2.19. The van der Waals surface area contributed by atoms with Crippen molar-refractivity contribution < 1.29 is 15.0 Å². The standard InChI is InChI=1S/C8H6ClIO3/c9-5-3-1-2-4(6(5)10)7(11)8(12)13/h1-3,7,11H,(H,12,13). The summed E-state index contributed by atoms with van der Waals surface area (Å²) >= 11 is 7.65. The van der Waals surface area contributed by atoms with Gasteiger partial charge in [0.1, 0.15) is 0 Å². The van der Waals surface area contributed by atoms with Crippen LogP contribution in [0.25, 0.3) is 0 Å². The average molecular weight is 312 g/mol. The molecule has 70 valence electrons. The number of benzene rings is 1. The zero-order valence-corrected chi connectivity index (χ0v) is 9.28. The molecule has 0 spiro atoms. The van der Waals surface area contributed by atoms with Gasteiger partial charge in [0.05, 0.1) is 5.02 Å². The van der Waals surface area contributed by atoms with Crippen LogP contribution in [-0.2, 0) is 4.79 Å². The van der Waals surface area contributed by atoms with Crippen LogP contribution >= 0.6 is 34.2 Å². The summed E-state index contributed by atoms with van der Waals surface area (Å²) in [6.07, 6.45) is -1.51. The minimum absolute atomic E-state index is 0.320. The zero-order valence-electron chi connectivity index (χ0n) is 6.37. The van der Waals surface area contributed by atoms with Gasteiger partial charge in [-0.15, -0.1) is 0 Å². The fraction of sp³-hybridized carbons (Fsp3) is 0.125. The third kappa shape index (κ3) is 2.32. The van der Waals surface area contributed by atoms with E-state index in [-0.39, 0.29) is 0 Å². The first-order chi connectivity index (χ1) is 6.04. The predicted molar refractivity (Wildman–Crippen MR) is 56.8 cm³/mol. The second-order valence-electron chi connectivity index (χ2n) is 2.38. The van der Waals surface area contributed by atoms with Crippen LogP contribution in [0.3, 0.4) is 0 Å². The molecule has 0 amide bonds. The number of carboxylic acid groups (broad SMARTS) is 1. The van der Waals surface area contributed by atoms with E-state index in [9.17, 15) is 9.90 Å². The van der Waals surface area contributed by atoms with Crippen molar-refractivity contribution in [1.29, 1.82) is 0 Å². The maximum Gasteiger partial charge on any atom is 0.337 e. The van der Waals surface area contributed by atoms with Crippen molar-refractivity contribution in [3.05, 3.63) is 32.4 Å². The van der Waals surface area contributed by atoms with Gasteiger partial charge >= 0.3 is 5.97 Å². The maximum absolute atomic E-state index is 10.5. The van der Waals surface area contributed by atoms with Gasteiger partial charge in [0.2, 0.25) is 0 Å². The summed E-state index contributed by atoms with van der Waals surface area (Å²) < 4.78 is 0.566. The van der Waals surface area contributed by atoms with Crippen LogP contribution < -0.4 is 0 Å². The van der Waals surface area contributed by atoms with Gasteiger partial charge in [0.15, 0.2) is 6.10 Å². The van der Waals surface area contributed by atoms with Crippen LogP contribution in [0, 0.1) is 3.57 Å². The van der Waals surface area contributed by atoms with Crippen LogP contribution in [0.15, 0.2) is 18.2 Å². The molecule has 0 radical (unpaired) electrons. The van der Waals surface area contributed by atoms with Crippen molar-refractivity contribution in [1.82, 2.24) is 0 Å². The molecule has 0 aliphatic carbocycles. The molecule has 2 N–H and O–H groups in total. The van der Waals surface area contributed by atoms with E-state index in [1.807, 2.05) is 22.6 Å². The Morgan fingerprint density at radius 3 is 2.69 bits per heavy atom. The molecule has 0 aliphatic heterocycles. The summed E-state index contributed by atoms with van der Waals surface area (Å²) in [5, 5.41) is 18.2. The van der Waals surface area contributed by atoms with Crippen LogP contribution in [0.5, 0.6) is 0 Å². The minimum atomic E-state index is -1.51. The molecule has 3 nitrogen and oxygen atoms in total. The number of rotatable bonds is 2. The number of aliphatic hydroxyl groups excluding tert-OH is 1. The Morgan fingerprint density at radius 1 is 1.54 bits per heavy atom. The molecule has 1 rings (SSSR count). The van der Waals surface area contributed by atoms with Crippen LogP contribution in [0.4, 0.5) is 0 Å². The van der Waals surface area contributed by atoms with Gasteiger partial charge in [-0.1, -0.05) is 23.7 Å². The first-order valence-electron chi connectivity index (χ1n) is 3.39. The Balaban J connectivity index is 3.15. The zero-order chi connectivity index (χ0) is 10.0. The lowest BCUT2D eigenvalue weighted by molar-refractivity contribution is -0.147.